The van der Waals surface area contributed by atoms with E-state index in [2.05, 4.69) is 20.0 Å². The molecule has 3 heterocycles. The summed E-state index contributed by atoms with van der Waals surface area (Å²) in [5, 5.41) is 5.19. The van der Waals surface area contributed by atoms with Gasteiger partial charge in [0.05, 0.1) is 22.3 Å². The lowest BCUT2D eigenvalue weighted by Gasteiger charge is -2.12. The molecule has 0 radical (unpaired) electrons. The van der Waals surface area contributed by atoms with Crippen molar-refractivity contribution in [2.24, 2.45) is 5.92 Å². The highest BCUT2D eigenvalue weighted by Gasteiger charge is 2.31. The van der Waals surface area contributed by atoms with E-state index in [0.29, 0.717) is 35.7 Å². The average Bonchev–Trinajstić information content (AvgIpc) is 3.44. The van der Waals surface area contributed by atoms with Crippen LogP contribution in [0.25, 0.3) is 11.3 Å². The first-order chi connectivity index (χ1) is 16.9. The van der Waals surface area contributed by atoms with Gasteiger partial charge in [-0.05, 0) is 68.1 Å². The van der Waals surface area contributed by atoms with E-state index < -0.39 is 17.8 Å². The maximum Gasteiger partial charge on any atom is 0.254 e. The highest BCUT2D eigenvalue weighted by Crippen LogP contribution is 2.33. The number of pyridine rings is 1. The zero-order chi connectivity index (χ0) is 24.5. The average molecular weight is 495 g/mol. The first-order valence-corrected chi connectivity index (χ1v) is 12.2. The van der Waals surface area contributed by atoms with Crippen LogP contribution in [0.1, 0.15) is 58.0 Å². The molecule has 3 aromatic rings. The number of Topliss-reactive ketones (excluding diaryl/α,β-unsaturated/α-hetero) is 1. The molecule has 180 valence electrons. The highest BCUT2D eigenvalue weighted by molar-refractivity contribution is 7.06. The Morgan fingerprint density at radius 1 is 1.20 bits per heavy atom. The smallest absolute Gasteiger partial charge is 0.254 e. The number of hydrogen-bond acceptors (Lipinski definition) is 7. The van der Waals surface area contributed by atoms with Gasteiger partial charge in [0.2, 0.25) is 5.91 Å². The summed E-state index contributed by atoms with van der Waals surface area (Å²) < 4.78 is 25.1. The molecule has 1 saturated carbocycles. The van der Waals surface area contributed by atoms with Crippen LogP contribution >= 0.6 is 11.5 Å². The zero-order valence-corrected chi connectivity index (χ0v) is 19.7. The third-order valence-corrected chi connectivity index (χ3v) is 6.99. The topological polar surface area (TPSA) is 110 Å². The quantitative estimate of drug-likeness (QED) is 0.462. The highest BCUT2D eigenvalue weighted by atomic mass is 32.1. The fourth-order valence-electron chi connectivity index (χ4n) is 3.86. The van der Waals surface area contributed by atoms with Crippen LogP contribution in [0.2, 0.25) is 0 Å². The first-order valence-electron chi connectivity index (χ1n) is 11.4. The van der Waals surface area contributed by atoms with Gasteiger partial charge in [-0.2, -0.15) is 4.37 Å². The number of carbonyl (C=O) groups excluding carboxylic acids is 3. The molecular weight excluding hydrogens is 471 g/mol. The monoisotopic (exact) mass is 494 g/mol. The molecular formula is C25H23FN4O4S. The normalized spacial score (nSPS) is 18.1. The number of aromatic nitrogens is 2. The van der Waals surface area contributed by atoms with Crippen molar-refractivity contribution < 1.29 is 23.5 Å². The van der Waals surface area contributed by atoms with E-state index in [9.17, 15) is 18.8 Å². The molecule has 10 heteroatoms. The molecule has 2 aliphatic rings. The van der Waals surface area contributed by atoms with Gasteiger partial charge in [-0.15, -0.1) is 0 Å². The van der Waals surface area contributed by atoms with Crippen molar-refractivity contribution in [2.75, 3.05) is 6.54 Å². The molecule has 0 spiro atoms. The minimum Gasteiger partial charge on any atom is -0.484 e. The number of ether oxygens (including phenoxy) is 1. The molecule has 35 heavy (non-hydrogen) atoms. The van der Waals surface area contributed by atoms with Crippen LogP contribution in [0.3, 0.4) is 0 Å². The van der Waals surface area contributed by atoms with Crippen molar-refractivity contribution >= 4 is 29.1 Å². The van der Waals surface area contributed by atoms with Crippen LogP contribution < -0.4 is 15.4 Å². The number of nitrogens with one attached hydrogen (secondary N) is 2. The summed E-state index contributed by atoms with van der Waals surface area (Å²) in [7, 11) is 0. The molecule has 0 unspecified atom stereocenters. The van der Waals surface area contributed by atoms with E-state index in [1.807, 2.05) is 13.0 Å². The number of nitrogens with zero attached hydrogens (tertiary/aromatic N) is 2. The van der Waals surface area contributed by atoms with Crippen molar-refractivity contribution in [2.45, 2.75) is 38.3 Å². The SMILES string of the molecule is C[C@@H](Oc1ccc(C(=O)C2CC2)nc1)c1cc(-c2ccc(C(=O)N[C@H]3CCNC3=O)c(F)c2)ns1. The van der Waals surface area contributed by atoms with E-state index in [-0.39, 0.29) is 29.3 Å². The standard InChI is InChI=1S/C25H23FN4O4S/c1-13(34-16-5-7-19(28-12-16)23(31)14-2-3-14)22-11-21(30-35-22)15-4-6-17(18(26)10-15)24(32)29-20-8-9-27-25(20)33/h4-7,10-14,20H,2-3,8-9H2,1H3,(H,27,33)(H,29,32)/t13-,20+/m1/s1. The van der Waals surface area contributed by atoms with E-state index in [0.717, 1.165) is 17.7 Å². The third-order valence-electron chi connectivity index (χ3n) is 6.04. The molecule has 5 rings (SSSR count). The molecule has 2 N–H and O–H groups in total. The predicted octanol–water partition coefficient (Wildman–Crippen LogP) is 3.70. The Morgan fingerprint density at radius 2 is 2.03 bits per heavy atom. The van der Waals surface area contributed by atoms with Gasteiger partial charge < -0.3 is 15.4 Å². The second-order valence-corrected chi connectivity index (χ2v) is 9.53. The van der Waals surface area contributed by atoms with Crippen molar-refractivity contribution in [3.63, 3.8) is 0 Å². The summed E-state index contributed by atoms with van der Waals surface area (Å²) >= 11 is 1.23. The van der Waals surface area contributed by atoms with Crippen LogP contribution in [0, 0.1) is 11.7 Å². The summed E-state index contributed by atoms with van der Waals surface area (Å²) in [5.74, 6) is -0.848. The van der Waals surface area contributed by atoms with Crippen LogP contribution in [-0.4, -0.2) is 39.5 Å². The third kappa shape index (κ3) is 5.07. The summed E-state index contributed by atoms with van der Waals surface area (Å²) in [6.07, 6.45) is 3.55. The number of hydrogen-bond donors (Lipinski definition) is 2. The van der Waals surface area contributed by atoms with Crippen molar-refractivity contribution in [3.05, 3.63) is 64.5 Å². The number of amides is 2. The van der Waals surface area contributed by atoms with Crippen LogP contribution in [0.4, 0.5) is 4.39 Å². The number of carbonyl (C=O) groups is 3. The number of rotatable bonds is 8. The molecule has 0 bridgehead atoms. The lowest BCUT2D eigenvalue weighted by molar-refractivity contribution is -0.120. The molecule has 1 aliphatic carbocycles. The lowest BCUT2D eigenvalue weighted by Crippen LogP contribution is -2.40. The zero-order valence-electron chi connectivity index (χ0n) is 18.9. The minimum atomic E-state index is -0.691. The van der Waals surface area contributed by atoms with Crippen molar-refractivity contribution in [3.8, 4) is 17.0 Å². The molecule has 1 aromatic carbocycles. The maximum absolute atomic E-state index is 14.7. The Hall–Kier alpha value is -3.66. The van der Waals surface area contributed by atoms with E-state index in [4.69, 9.17) is 4.74 Å². The molecule has 1 aliphatic heterocycles. The lowest BCUT2D eigenvalue weighted by atomic mass is 10.1. The Labute approximate surface area is 205 Å². The Morgan fingerprint density at radius 3 is 2.69 bits per heavy atom. The van der Waals surface area contributed by atoms with E-state index in [1.54, 1.807) is 24.4 Å². The van der Waals surface area contributed by atoms with Gasteiger partial charge in [0.1, 0.15) is 29.4 Å². The van der Waals surface area contributed by atoms with Gasteiger partial charge in [-0.3, -0.25) is 14.4 Å². The second-order valence-electron chi connectivity index (χ2n) is 8.69. The Balaban J connectivity index is 1.23. The molecule has 2 amide bonds. The summed E-state index contributed by atoms with van der Waals surface area (Å²) in [5.41, 5.74) is 1.41. The van der Waals surface area contributed by atoms with Gasteiger partial charge in [0, 0.05) is 18.0 Å². The first kappa shape index (κ1) is 23.1. The van der Waals surface area contributed by atoms with Crippen molar-refractivity contribution in [1.29, 1.82) is 0 Å². The maximum atomic E-state index is 14.7. The van der Waals surface area contributed by atoms with E-state index >= 15 is 0 Å². The fraction of sp³-hybridized carbons (Fsp3) is 0.320. The largest absolute Gasteiger partial charge is 0.484 e. The number of halogens is 1. The molecule has 2 atom stereocenters. The fourth-order valence-corrected chi connectivity index (χ4v) is 4.58. The van der Waals surface area contributed by atoms with Crippen LogP contribution in [0.5, 0.6) is 5.75 Å². The molecule has 2 fully saturated rings. The van der Waals surface area contributed by atoms with Gasteiger partial charge in [-0.25, -0.2) is 9.37 Å². The van der Waals surface area contributed by atoms with Gasteiger partial charge in [-0.1, -0.05) is 6.07 Å². The minimum absolute atomic E-state index is 0.0801. The second kappa shape index (κ2) is 9.53. The number of benzene rings is 1. The predicted molar refractivity (Wildman–Crippen MR) is 127 cm³/mol. The Bertz CT molecular complexity index is 1290. The van der Waals surface area contributed by atoms with Gasteiger partial charge in [0.15, 0.2) is 5.78 Å². The number of ketones is 1. The Kier molecular flexibility index (Phi) is 6.29. The summed E-state index contributed by atoms with van der Waals surface area (Å²) in [6, 6.07) is 8.85. The van der Waals surface area contributed by atoms with Crippen LogP contribution in [0.15, 0.2) is 42.6 Å². The molecule has 2 aromatic heterocycles. The van der Waals surface area contributed by atoms with Gasteiger partial charge >= 0.3 is 0 Å². The van der Waals surface area contributed by atoms with Gasteiger partial charge in [0.25, 0.3) is 5.91 Å². The molecule has 1 saturated heterocycles. The summed E-state index contributed by atoms with van der Waals surface area (Å²) in [6.45, 7) is 2.36. The molecule has 8 nitrogen and oxygen atoms in total. The summed E-state index contributed by atoms with van der Waals surface area (Å²) in [4.78, 5) is 41.2. The van der Waals surface area contributed by atoms with E-state index in [1.165, 1.54) is 23.7 Å². The van der Waals surface area contributed by atoms with Crippen LogP contribution in [-0.2, 0) is 4.79 Å². The van der Waals surface area contributed by atoms with Crippen molar-refractivity contribution in [1.82, 2.24) is 20.0 Å².